The van der Waals surface area contributed by atoms with E-state index in [1.54, 1.807) is 0 Å². The number of hydrogen-bond acceptors (Lipinski definition) is 5. The molecule has 8 heteroatoms. The van der Waals surface area contributed by atoms with Crippen LogP contribution in [0.3, 0.4) is 0 Å². The number of aromatic nitrogens is 3. The number of hydrogen-bond donors (Lipinski definition) is 2. The fourth-order valence-electron chi connectivity index (χ4n) is 3.50. The molecule has 0 bridgehead atoms. The minimum Gasteiger partial charge on any atom is -0.375 e. The van der Waals surface area contributed by atoms with Crippen LogP contribution >= 0.6 is 11.6 Å². The number of aryl methyl sites for hydroxylation is 1. The first-order valence-corrected chi connectivity index (χ1v) is 9.75. The van der Waals surface area contributed by atoms with Crippen LogP contribution in [-0.2, 0) is 9.53 Å². The molecule has 2 atom stereocenters. The number of methoxy groups -OCH3 is 1. The van der Waals surface area contributed by atoms with Crippen LogP contribution in [0.15, 0.2) is 48.5 Å². The highest BCUT2D eigenvalue weighted by atomic mass is 35.5. The number of carbonyl (C=O) groups excluding carboxylic acids is 1. The zero-order chi connectivity index (χ0) is 20.4. The lowest BCUT2D eigenvalue weighted by molar-refractivity contribution is -0.119. The number of benzene rings is 2. The summed E-state index contributed by atoms with van der Waals surface area (Å²) >= 11 is 6.05. The Morgan fingerprint density at radius 3 is 2.59 bits per heavy atom. The Hall–Kier alpha value is -2.90. The molecular weight excluding hydrogens is 390 g/mol. The van der Waals surface area contributed by atoms with Crippen molar-refractivity contribution in [3.05, 3.63) is 70.2 Å². The summed E-state index contributed by atoms with van der Waals surface area (Å²) < 4.78 is 6.70. The largest absolute Gasteiger partial charge is 0.375 e. The number of rotatable bonds is 5. The standard InChI is InChI=1S/C21H22ClN5O2/c1-13-3-5-15(6-4-13)18-11-17(14-7-9-16(22)10-8-14)23-21-25-20(26-27(18)21)24-19(28)12-29-2/h3-10,17-18H,11-12H2,1-2H3,(H2,23,24,25,26,28). The molecule has 2 N–H and O–H groups in total. The number of ether oxygens (including phenoxy) is 1. The number of anilines is 2. The molecule has 0 radical (unpaired) electrons. The van der Waals surface area contributed by atoms with Crippen molar-refractivity contribution in [3.63, 3.8) is 0 Å². The molecule has 1 amide bonds. The van der Waals surface area contributed by atoms with Gasteiger partial charge in [-0.15, -0.1) is 5.10 Å². The van der Waals surface area contributed by atoms with E-state index in [-0.39, 0.29) is 30.5 Å². The monoisotopic (exact) mass is 411 g/mol. The number of amides is 1. The van der Waals surface area contributed by atoms with E-state index < -0.39 is 0 Å². The fraction of sp³-hybridized carbons (Fsp3) is 0.286. The minimum absolute atomic E-state index is 0.0203. The third-order valence-electron chi connectivity index (χ3n) is 4.95. The molecule has 1 aromatic heterocycles. The van der Waals surface area contributed by atoms with Crippen molar-refractivity contribution in [2.24, 2.45) is 0 Å². The molecule has 2 unspecified atom stereocenters. The van der Waals surface area contributed by atoms with E-state index in [0.29, 0.717) is 11.0 Å². The van der Waals surface area contributed by atoms with E-state index in [1.165, 1.54) is 12.7 Å². The van der Waals surface area contributed by atoms with Crippen LogP contribution in [-0.4, -0.2) is 34.4 Å². The van der Waals surface area contributed by atoms with Gasteiger partial charge in [0.25, 0.3) is 11.9 Å². The lowest BCUT2D eigenvalue weighted by Gasteiger charge is -2.31. The van der Waals surface area contributed by atoms with Gasteiger partial charge in [0.2, 0.25) is 5.95 Å². The Kier molecular flexibility index (Phi) is 5.51. The molecule has 0 saturated carbocycles. The number of carbonyl (C=O) groups is 1. The Balaban J connectivity index is 1.69. The predicted octanol–water partition coefficient (Wildman–Crippen LogP) is 3.97. The Morgan fingerprint density at radius 1 is 1.21 bits per heavy atom. The first kappa shape index (κ1) is 19.4. The SMILES string of the molecule is COCC(=O)Nc1nc2n(n1)C(c1ccc(C)cc1)CC(c1ccc(Cl)cc1)N2. The summed E-state index contributed by atoms with van der Waals surface area (Å²) in [5, 5.41) is 11.3. The Morgan fingerprint density at radius 2 is 1.90 bits per heavy atom. The van der Waals surface area contributed by atoms with Crippen molar-refractivity contribution >= 4 is 29.4 Å². The van der Waals surface area contributed by atoms with E-state index >= 15 is 0 Å². The van der Waals surface area contributed by atoms with Crippen molar-refractivity contribution in [1.29, 1.82) is 0 Å². The van der Waals surface area contributed by atoms with Crippen molar-refractivity contribution in [3.8, 4) is 0 Å². The van der Waals surface area contributed by atoms with E-state index in [9.17, 15) is 4.79 Å². The van der Waals surface area contributed by atoms with Gasteiger partial charge in [0.15, 0.2) is 0 Å². The van der Waals surface area contributed by atoms with Gasteiger partial charge in [-0.25, -0.2) is 4.68 Å². The van der Waals surface area contributed by atoms with Gasteiger partial charge in [0.1, 0.15) is 6.61 Å². The number of nitrogens with zero attached hydrogens (tertiary/aromatic N) is 3. The number of nitrogens with one attached hydrogen (secondary N) is 2. The van der Waals surface area contributed by atoms with E-state index in [0.717, 1.165) is 17.5 Å². The summed E-state index contributed by atoms with van der Waals surface area (Å²) in [6, 6.07) is 16.2. The van der Waals surface area contributed by atoms with Crippen LogP contribution in [0, 0.1) is 6.92 Å². The number of halogens is 1. The lowest BCUT2D eigenvalue weighted by Crippen LogP contribution is -2.28. The van der Waals surface area contributed by atoms with Crippen molar-refractivity contribution in [2.45, 2.75) is 25.4 Å². The van der Waals surface area contributed by atoms with Gasteiger partial charge in [-0.05, 0) is 36.6 Å². The third-order valence-corrected chi connectivity index (χ3v) is 5.20. The van der Waals surface area contributed by atoms with Crippen LogP contribution in [0.25, 0.3) is 0 Å². The summed E-state index contributed by atoms with van der Waals surface area (Å²) in [7, 11) is 1.47. The quantitative estimate of drug-likeness (QED) is 0.663. The van der Waals surface area contributed by atoms with Crippen LogP contribution in [0.2, 0.25) is 5.02 Å². The second kappa shape index (κ2) is 8.23. The first-order valence-electron chi connectivity index (χ1n) is 9.37. The fourth-order valence-corrected chi connectivity index (χ4v) is 3.63. The Labute approximate surface area is 174 Å². The van der Waals surface area contributed by atoms with Crippen molar-refractivity contribution in [1.82, 2.24) is 14.8 Å². The third kappa shape index (κ3) is 4.26. The van der Waals surface area contributed by atoms with E-state index in [2.05, 4.69) is 51.9 Å². The normalized spacial score (nSPS) is 18.0. The zero-order valence-corrected chi connectivity index (χ0v) is 17.0. The highest BCUT2D eigenvalue weighted by Crippen LogP contribution is 2.38. The van der Waals surface area contributed by atoms with E-state index in [1.807, 2.05) is 28.9 Å². The molecular formula is C21H22ClN5O2. The Bertz CT molecular complexity index is 1000. The summed E-state index contributed by atoms with van der Waals surface area (Å²) in [6.45, 7) is 2.01. The molecule has 2 heterocycles. The van der Waals surface area contributed by atoms with Crippen LogP contribution in [0.4, 0.5) is 11.9 Å². The van der Waals surface area contributed by atoms with Gasteiger partial charge in [-0.1, -0.05) is 53.6 Å². The van der Waals surface area contributed by atoms with Crippen molar-refractivity contribution < 1.29 is 9.53 Å². The van der Waals surface area contributed by atoms with Gasteiger partial charge in [-0.3, -0.25) is 10.1 Å². The smallest absolute Gasteiger partial charge is 0.252 e. The molecule has 0 aliphatic carbocycles. The molecule has 1 aliphatic heterocycles. The van der Waals surface area contributed by atoms with Crippen LogP contribution < -0.4 is 10.6 Å². The van der Waals surface area contributed by atoms with Crippen LogP contribution in [0.1, 0.15) is 35.2 Å². The average molecular weight is 412 g/mol. The molecule has 7 nitrogen and oxygen atoms in total. The van der Waals surface area contributed by atoms with Gasteiger partial charge in [-0.2, -0.15) is 4.98 Å². The summed E-state index contributed by atoms with van der Waals surface area (Å²) in [5.41, 5.74) is 3.45. The van der Waals surface area contributed by atoms with Crippen LogP contribution in [0.5, 0.6) is 0 Å². The van der Waals surface area contributed by atoms with E-state index in [4.69, 9.17) is 16.3 Å². The highest BCUT2D eigenvalue weighted by molar-refractivity contribution is 6.30. The molecule has 3 aromatic rings. The molecule has 4 rings (SSSR count). The minimum atomic E-state index is -0.295. The van der Waals surface area contributed by atoms with Gasteiger partial charge in [0.05, 0.1) is 12.1 Å². The van der Waals surface area contributed by atoms with Gasteiger partial charge < -0.3 is 10.1 Å². The maximum Gasteiger partial charge on any atom is 0.252 e. The molecule has 0 fully saturated rings. The lowest BCUT2D eigenvalue weighted by atomic mass is 9.93. The summed E-state index contributed by atoms with van der Waals surface area (Å²) in [6.07, 6.45) is 0.784. The van der Waals surface area contributed by atoms with Crippen molar-refractivity contribution in [2.75, 3.05) is 24.4 Å². The summed E-state index contributed by atoms with van der Waals surface area (Å²) in [5.74, 6) is 0.564. The zero-order valence-electron chi connectivity index (χ0n) is 16.2. The molecule has 0 saturated heterocycles. The van der Waals surface area contributed by atoms with Gasteiger partial charge >= 0.3 is 0 Å². The second-order valence-corrected chi connectivity index (χ2v) is 7.53. The number of fused-ring (bicyclic) bond motifs is 1. The maximum absolute atomic E-state index is 11.9. The topological polar surface area (TPSA) is 81.1 Å². The molecule has 150 valence electrons. The first-order chi connectivity index (χ1) is 14.0. The second-order valence-electron chi connectivity index (χ2n) is 7.10. The molecule has 2 aromatic carbocycles. The molecule has 29 heavy (non-hydrogen) atoms. The van der Waals surface area contributed by atoms with Gasteiger partial charge in [0, 0.05) is 12.1 Å². The molecule has 1 aliphatic rings. The highest BCUT2D eigenvalue weighted by Gasteiger charge is 2.31. The molecule has 0 spiro atoms. The average Bonchev–Trinajstić information content (AvgIpc) is 3.11. The predicted molar refractivity (Wildman–Crippen MR) is 112 cm³/mol. The maximum atomic E-state index is 11.9. The summed E-state index contributed by atoms with van der Waals surface area (Å²) in [4.78, 5) is 16.4.